The topological polar surface area (TPSA) is 69.7 Å². The Morgan fingerprint density at radius 1 is 0.933 bits per heavy atom. The van der Waals surface area contributed by atoms with Crippen LogP contribution in [0.25, 0.3) is 0 Å². The van der Waals surface area contributed by atoms with Gasteiger partial charge in [0, 0.05) is 24.2 Å². The number of nitrogens with zero attached hydrogens (tertiary/aromatic N) is 2. The predicted octanol–water partition coefficient (Wildman–Crippen LogP) is 2.87. The molecular formula is C23H24ClN3O3. The summed E-state index contributed by atoms with van der Waals surface area (Å²) in [4.78, 5) is 41.8. The molecule has 7 heteroatoms. The molecule has 2 unspecified atom stereocenters. The van der Waals surface area contributed by atoms with Gasteiger partial charge in [0.2, 0.25) is 0 Å². The number of hydrogen-bond donors (Lipinski definition) is 1. The van der Waals surface area contributed by atoms with E-state index < -0.39 is 0 Å². The minimum absolute atomic E-state index is 0. The Hall–Kier alpha value is -2.70. The van der Waals surface area contributed by atoms with E-state index in [-0.39, 0.29) is 42.7 Å². The van der Waals surface area contributed by atoms with Crippen LogP contribution in [-0.2, 0) is 6.54 Å². The van der Waals surface area contributed by atoms with Crippen LogP contribution in [0.4, 0.5) is 0 Å². The van der Waals surface area contributed by atoms with E-state index in [0.717, 1.165) is 37.9 Å². The predicted molar refractivity (Wildman–Crippen MR) is 115 cm³/mol. The molecule has 156 valence electrons. The van der Waals surface area contributed by atoms with Crippen LogP contribution in [0.1, 0.15) is 55.9 Å². The normalized spacial score (nSPS) is 22.5. The summed E-state index contributed by atoms with van der Waals surface area (Å²) in [5.41, 5.74) is 2.29. The maximum absolute atomic E-state index is 13.3. The molecule has 30 heavy (non-hydrogen) atoms. The fourth-order valence-electron chi connectivity index (χ4n) is 4.83. The van der Waals surface area contributed by atoms with E-state index in [1.54, 1.807) is 24.3 Å². The summed E-state index contributed by atoms with van der Waals surface area (Å²) in [7, 11) is 0. The maximum atomic E-state index is 13.3. The first kappa shape index (κ1) is 20.6. The number of amides is 3. The Morgan fingerprint density at radius 3 is 2.37 bits per heavy atom. The third kappa shape index (κ3) is 3.40. The van der Waals surface area contributed by atoms with Crippen molar-refractivity contribution in [1.29, 1.82) is 0 Å². The van der Waals surface area contributed by atoms with Crippen molar-refractivity contribution in [1.82, 2.24) is 15.1 Å². The fourth-order valence-corrected chi connectivity index (χ4v) is 4.83. The summed E-state index contributed by atoms with van der Waals surface area (Å²) in [6.07, 6.45) is 3.09. The number of carbonyl (C=O) groups is 3. The minimum Gasteiger partial charge on any atom is -0.331 e. The Morgan fingerprint density at radius 2 is 1.63 bits per heavy atom. The Balaban J connectivity index is 0.00000218. The van der Waals surface area contributed by atoms with Gasteiger partial charge in [-0.2, -0.15) is 0 Å². The molecule has 2 fully saturated rings. The quantitative estimate of drug-likeness (QED) is 0.768. The summed E-state index contributed by atoms with van der Waals surface area (Å²) >= 11 is 0. The van der Waals surface area contributed by atoms with E-state index >= 15 is 0 Å². The first-order valence-electron chi connectivity index (χ1n) is 10.2. The molecule has 2 aromatic carbocycles. The molecule has 2 bridgehead atoms. The van der Waals surface area contributed by atoms with E-state index in [9.17, 15) is 14.4 Å². The molecule has 3 aliphatic rings. The molecule has 0 radical (unpaired) electrons. The lowest BCUT2D eigenvalue weighted by Crippen LogP contribution is -2.42. The second-order valence-electron chi connectivity index (χ2n) is 8.03. The highest BCUT2D eigenvalue weighted by atomic mass is 35.5. The first-order chi connectivity index (χ1) is 14.1. The summed E-state index contributed by atoms with van der Waals surface area (Å²) in [6, 6.07) is 14.8. The van der Waals surface area contributed by atoms with Gasteiger partial charge < -0.3 is 10.2 Å². The Kier molecular flexibility index (Phi) is 5.62. The number of halogens is 1. The molecule has 5 rings (SSSR count). The molecule has 2 atom stereocenters. The second kappa shape index (κ2) is 8.20. The number of rotatable bonds is 3. The van der Waals surface area contributed by atoms with Crippen LogP contribution in [0.15, 0.2) is 48.5 Å². The number of hydrogen-bond acceptors (Lipinski definition) is 4. The van der Waals surface area contributed by atoms with Crippen LogP contribution in [0.2, 0.25) is 0 Å². The summed E-state index contributed by atoms with van der Waals surface area (Å²) in [6.45, 7) is 1.96. The monoisotopic (exact) mass is 425 g/mol. The van der Waals surface area contributed by atoms with E-state index in [1.165, 1.54) is 4.90 Å². The third-order valence-corrected chi connectivity index (χ3v) is 6.28. The number of fused-ring (bicyclic) bond motifs is 3. The molecular weight excluding hydrogens is 402 g/mol. The highest BCUT2D eigenvalue weighted by Crippen LogP contribution is 2.30. The van der Waals surface area contributed by atoms with Crippen LogP contribution in [0.5, 0.6) is 0 Å². The first-order valence-corrected chi connectivity index (χ1v) is 10.2. The van der Waals surface area contributed by atoms with Crippen LogP contribution < -0.4 is 5.32 Å². The summed E-state index contributed by atoms with van der Waals surface area (Å²) < 4.78 is 0. The highest BCUT2D eigenvalue weighted by Gasteiger charge is 2.39. The molecule has 6 nitrogen and oxygen atoms in total. The van der Waals surface area contributed by atoms with Crippen LogP contribution in [0.3, 0.4) is 0 Å². The van der Waals surface area contributed by atoms with E-state index in [1.807, 2.05) is 29.2 Å². The highest BCUT2D eigenvalue weighted by molar-refractivity contribution is 6.21. The molecule has 0 saturated carbocycles. The van der Waals surface area contributed by atoms with Crippen molar-refractivity contribution >= 4 is 30.1 Å². The zero-order valence-corrected chi connectivity index (χ0v) is 17.4. The number of imide groups is 1. The lowest BCUT2D eigenvalue weighted by atomic mass is 10.1. The molecule has 2 saturated heterocycles. The van der Waals surface area contributed by atoms with Gasteiger partial charge in [0.1, 0.15) is 0 Å². The van der Waals surface area contributed by atoms with Gasteiger partial charge in [0.05, 0.1) is 17.7 Å². The van der Waals surface area contributed by atoms with Gasteiger partial charge >= 0.3 is 0 Å². The zero-order valence-electron chi connectivity index (χ0n) is 16.5. The SMILES string of the molecule is Cl.O=C1c2ccccc2C(=O)N1Cc1cccc(C(=O)N2C3CCNCC2CC3)c1. The number of nitrogens with one attached hydrogen (secondary N) is 1. The lowest BCUT2D eigenvalue weighted by molar-refractivity contribution is 0.0641. The molecule has 2 aromatic rings. The Labute approximate surface area is 181 Å². The zero-order chi connectivity index (χ0) is 20.0. The van der Waals surface area contributed by atoms with Gasteiger partial charge in [-0.1, -0.05) is 24.3 Å². The van der Waals surface area contributed by atoms with Crippen LogP contribution in [-0.4, -0.2) is 52.7 Å². The van der Waals surface area contributed by atoms with Gasteiger partial charge in [0.15, 0.2) is 0 Å². The van der Waals surface area contributed by atoms with Crippen molar-refractivity contribution in [2.24, 2.45) is 0 Å². The molecule has 0 spiro atoms. The average molecular weight is 426 g/mol. The van der Waals surface area contributed by atoms with Crippen molar-refractivity contribution in [2.45, 2.75) is 37.9 Å². The van der Waals surface area contributed by atoms with Crippen LogP contribution in [0, 0.1) is 0 Å². The Bertz CT molecular complexity index is 960. The summed E-state index contributed by atoms with van der Waals surface area (Å²) in [5.74, 6) is -0.511. The van der Waals surface area contributed by atoms with E-state index in [2.05, 4.69) is 5.32 Å². The number of benzene rings is 2. The van der Waals surface area contributed by atoms with Crippen molar-refractivity contribution in [2.75, 3.05) is 13.1 Å². The van der Waals surface area contributed by atoms with Crippen molar-refractivity contribution in [3.8, 4) is 0 Å². The minimum atomic E-state index is -0.279. The molecule has 0 aromatic heterocycles. The van der Waals surface area contributed by atoms with Crippen molar-refractivity contribution in [3.63, 3.8) is 0 Å². The van der Waals surface area contributed by atoms with Gasteiger partial charge in [-0.05, 0) is 55.6 Å². The van der Waals surface area contributed by atoms with Gasteiger partial charge in [-0.25, -0.2) is 0 Å². The van der Waals surface area contributed by atoms with Gasteiger partial charge in [0.25, 0.3) is 17.7 Å². The number of carbonyl (C=O) groups excluding carboxylic acids is 3. The van der Waals surface area contributed by atoms with Crippen molar-refractivity contribution < 1.29 is 14.4 Å². The molecule has 3 heterocycles. The molecule has 3 aliphatic heterocycles. The molecule has 0 aliphatic carbocycles. The lowest BCUT2D eigenvalue weighted by Gasteiger charge is -2.28. The fraction of sp³-hybridized carbons (Fsp3) is 0.348. The van der Waals surface area contributed by atoms with Gasteiger partial charge in [-0.15, -0.1) is 12.4 Å². The second-order valence-corrected chi connectivity index (χ2v) is 8.03. The molecule has 3 amide bonds. The average Bonchev–Trinajstić information content (AvgIpc) is 3.15. The van der Waals surface area contributed by atoms with E-state index in [0.29, 0.717) is 22.7 Å². The smallest absolute Gasteiger partial charge is 0.261 e. The van der Waals surface area contributed by atoms with E-state index in [4.69, 9.17) is 0 Å². The summed E-state index contributed by atoms with van der Waals surface area (Å²) in [5, 5.41) is 3.42. The van der Waals surface area contributed by atoms with Gasteiger partial charge in [-0.3, -0.25) is 19.3 Å². The molecule has 1 N–H and O–H groups in total. The third-order valence-electron chi connectivity index (χ3n) is 6.28. The maximum Gasteiger partial charge on any atom is 0.261 e. The van der Waals surface area contributed by atoms with Crippen molar-refractivity contribution in [3.05, 3.63) is 70.8 Å². The van der Waals surface area contributed by atoms with Crippen LogP contribution >= 0.6 is 12.4 Å². The largest absolute Gasteiger partial charge is 0.331 e. The standard InChI is InChI=1S/C23H23N3O3.ClH/c27-21(26-17-8-9-18(26)13-24-11-10-17)16-5-3-4-15(12-16)14-25-22(28)19-6-1-2-7-20(19)23(25)29;/h1-7,12,17-18,24H,8-11,13-14H2;1H.